The second kappa shape index (κ2) is 5.75. The fraction of sp³-hybridized carbons (Fsp3) is 0.600. The van der Waals surface area contributed by atoms with E-state index in [1.807, 2.05) is 0 Å². The molecule has 0 radical (unpaired) electrons. The smallest absolute Gasteiger partial charge is 0.290 e. The third kappa shape index (κ3) is 4.34. The predicted molar refractivity (Wildman–Crippen MR) is 62.4 cm³/mol. The van der Waals surface area contributed by atoms with Gasteiger partial charge in [0.1, 0.15) is 0 Å². The minimum Gasteiger partial charge on any atom is -0.364 e. The van der Waals surface area contributed by atoms with Crippen molar-refractivity contribution in [2.24, 2.45) is 5.92 Å². The van der Waals surface area contributed by atoms with Crippen LogP contribution in [0.5, 0.6) is 0 Å². The van der Waals surface area contributed by atoms with Crippen LogP contribution in [-0.4, -0.2) is 21.9 Å². The molecule has 0 fully saturated rings. The van der Waals surface area contributed by atoms with Gasteiger partial charge in [0.15, 0.2) is 5.82 Å². The summed E-state index contributed by atoms with van der Waals surface area (Å²) in [6.45, 7) is 4.78. The molecule has 84 valence electrons. The summed E-state index contributed by atoms with van der Waals surface area (Å²) in [7, 11) is 0. The molecule has 0 aliphatic carbocycles. The van der Waals surface area contributed by atoms with Crippen molar-refractivity contribution in [3.63, 3.8) is 0 Å². The van der Waals surface area contributed by atoms with E-state index in [-0.39, 0.29) is 10.9 Å². The summed E-state index contributed by atoms with van der Waals surface area (Å²) in [5.41, 5.74) is -0.217. The zero-order valence-corrected chi connectivity index (χ0v) is 9.71. The number of hydrogen-bond acceptors (Lipinski definition) is 3. The summed E-state index contributed by atoms with van der Waals surface area (Å²) in [4.78, 5) is 17.7. The Hall–Kier alpha value is -1.03. The summed E-state index contributed by atoms with van der Waals surface area (Å²) in [6.07, 6.45) is 3.95. The highest BCUT2D eigenvalue weighted by molar-refractivity contribution is 6.20. The molecule has 1 heterocycles. The quantitative estimate of drug-likeness (QED) is 0.758. The molecule has 0 aliphatic rings. The van der Waals surface area contributed by atoms with Gasteiger partial charge in [-0.3, -0.25) is 4.79 Å². The van der Waals surface area contributed by atoms with Crippen LogP contribution in [0.3, 0.4) is 0 Å². The molecular formula is C10H16ClN3O. The molecule has 0 aromatic carbocycles. The molecule has 0 aliphatic heterocycles. The second-order valence-corrected chi connectivity index (χ2v) is 4.49. The molecule has 1 aromatic heterocycles. The summed E-state index contributed by atoms with van der Waals surface area (Å²) in [5.74, 6) is 0.878. The van der Waals surface area contributed by atoms with Gasteiger partial charge in [-0.15, -0.1) is 11.6 Å². The largest absolute Gasteiger partial charge is 0.364 e. The Morgan fingerprint density at radius 3 is 2.93 bits per heavy atom. The van der Waals surface area contributed by atoms with E-state index >= 15 is 0 Å². The maximum absolute atomic E-state index is 11.2. The zero-order chi connectivity index (χ0) is 11.3. The number of aromatic amines is 1. The lowest BCUT2D eigenvalue weighted by Gasteiger charge is -2.12. The minimum atomic E-state index is -0.217. The maximum atomic E-state index is 11.2. The van der Waals surface area contributed by atoms with Gasteiger partial charge in [-0.05, 0) is 12.3 Å². The number of nitrogens with one attached hydrogen (secondary N) is 2. The first-order chi connectivity index (χ1) is 7.09. The fourth-order valence-corrected chi connectivity index (χ4v) is 1.71. The number of hydrogen-bond donors (Lipinski definition) is 2. The lowest BCUT2D eigenvalue weighted by molar-refractivity contribution is 0.572. The molecule has 1 aromatic rings. The summed E-state index contributed by atoms with van der Waals surface area (Å²) >= 11 is 6.08. The van der Waals surface area contributed by atoms with Crippen LogP contribution in [-0.2, 0) is 0 Å². The first-order valence-corrected chi connectivity index (χ1v) is 5.45. The number of aromatic nitrogens is 2. The van der Waals surface area contributed by atoms with Gasteiger partial charge < -0.3 is 10.3 Å². The number of anilines is 1. The Morgan fingerprint density at radius 2 is 2.33 bits per heavy atom. The van der Waals surface area contributed by atoms with E-state index in [1.54, 1.807) is 0 Å². The van der Waals surface area contributed by atoms with E-state index in [0.29, 0.717) is 18.3 Å². The van der Waals surface area contributed by atoms with Crippen molar-refractivity contribution < 1.29 is 0 Å². The molecular weight excluding hydrogens is 214 g/mol. The molecule has 0 saturated carbocycles. The summed E-state index contributed by atoms with van der Waals surface area (Å²) in [5, 5.41) is 2.95. The summed E-state index contributed by atoms with van der Waals surface area (Å²) < 4.78 is 0. The van der Waals surface area contributed by atoms with Crippen molar-refractivity contribution >= 4 is 17.4 Å². The third-order valence-corrected chi connectivity index (χ3v) is 2.26. The average molecular weight is 230 g/mol. The van der Waals surface area contributed by atoms with Gasteiger partial charge in [-0.2, -0.15) is 0 Å². The Balaban J connectivity index is 2.44. The van der Waals surface area contributed by atoms with Crippen LogP contribution in [0.15, 0.2) is 17.2 Å². The van der Waals surface area contributed by atoms with Crippen LogP contribution in [0.1, 0.15) is 20.3 Å². The van der Waals surface area contributed by atoms with Gasteiger partial charge in [0, 0.05) is 18.9 Å². The van der Waals surface area contributed by atoms with Gasteiger partial charge in [0.2, 0.25) is 0 Å². The SMILES string of the molecule is CC(C)CC(Cl)CNc1ncc[nH]c1=O. The molecule has 1 rings (SSSR count). The predicted octanol–water partition coefficient (Wildman–Crippen LogP) is 1.84. The van der Waals surface area contributed by atoms with Crippen molar-refractivity contribution in [3.05, 3.63) is 22.7 Å². The van der Waals surface area contributed by atoms with Gasteiger partial charge in [0.05, 0.1) is 5.38 Å². The fourth-order valence-electron chi connectivity index (χ4n) is 1.28. The van der Waals surface area contributed by atoms with E-state index in [0.717, 1.165) is 6.42 Å². The molecule has 1 unspecified atom stereocenters. The lowest BCUT2D eigenvalue weighted by Crippen LogP contribution is -2.22. The second-order valence-electron chi connectivity index (χ2n) is 3.87. The molecule has 5 heteroatoms. The van der Waals surface area contributed by atoms with Gasteiger partial charge in [-0.25, -0.2) is 4.98 Å². The normalized spacial score (nSPS) is 12.8. The van der Waals surface area contributed by atoms with E-state index in [2.05, 4.69) is 29.1 Å². The number of nitrogens with zero attached hydrogens (tertiary/aromatic N) is 1. The van der Waals surface area contributed by atoms with Gasteiger partial charge in [0.25, 0.3) is 5.56 Å². The van der Waals surface area contributed by atoms with Crippen molar-refractivity contribution in [1.29, 1.82) is 0 Å². The van der Waals surface area contributed by atoms with Crippen molar-refractivity contribution in [1.82, 2.24) is 9.97 Å². The highest BCUT2D eigenvalue weighted by atomic mass is 35.5. The average Bonchev–Trinajstić information content (AvgIpc) is 2.15. The summed E-state index contributed by atoms with van der Waals surface area (Å²) in [6, 6.07) is 0. The van der Waals surface area contributed by atoms with E-state index in [1.165, 1.54) is 12.4 Å². The lowest BCUT2D eigenvalue weighted by atomic mass is 10.1. The number of rotatable bonds is 5. The minimum absolute atomic E-state index is 0.0198. The van der Waals surface area contributed by atoms with E-state index in [9.17, 15) is 4.79 Å². The number of H-pyrrole nitrogens is 1. The maximum Gasteiger partial charge on any atom is 0.290 e. The highest BCUT2D eigenvalue weighted by Gasteiger charge is 2.08. The standard InChI is InChI=1S/C10H16ClN3O/c1-7(2)5-8(11)6-14-9-10(15)13-4-3-12-9/h3-4,7-8H,5-6H2,1-2H3,(H,12,14)(H,13,15). The van der Waals surface area contributed by atoms with E-state index in [4.69, 9.17) is 11.6 Å². The zero-order valence-electron chi connectivity index (χ0n) is 8.96. The first kappa shape index (κ1) is 12.0. The molecule has 4 nitrogen and oxygen atoms in total. The molecule has 0 spiro atoms. The van der Waals surface area contributed by atoms with Crippen LogP contribution in [0.4, 0.5) is 5.82 Å². The van der Waals surface area contributed by atoms with Gasteiger partial charge in [-0.1, -0.05) is 13.8 Å². The Kier molecular flexibility index (Phi) is 4.62. The number of halogens is 1. The van der Waals surface area contributed by atoms with Crippen LogP contribution in [0, 0.1) is 5.92 Å². The Labute approximate surface area is 94.1 Å². The number of alkyl halides is 1. The van der Waals surface area contributed by atoms with Gasteiger partial charge >= 0.3 is 0 Å². The van der Waals surface area contributed by atoms with Crippen LogP contribution in [0.2, 0.25) is 0 Å². The molecule has 2 N–H and O–H groups in total. The first-order valence-electron chi connectivity index (χ1n) is 5.01. The van der Waals surface area contributed by atoms with Crippen LogP contribution >= 0.6 is 11.6 Å². The third-order valence-electron chi connectivity index (χ3n) is 1.93. The molecule has 0 amide bonds. The van der Waals surface area contributed by atoms with Crippen molar-refractivity contribution in [2.75, 3.05) is 11.9 Å². The van der Waals surface area contributed by atoms with Crippen LogP contribution in [0.25, 0.3) is 0 Å². The Bertz CT molecular complexity index is 351. The molecule has 0 saturated heterocycles. The van der Waals surface area contributed by atoms with E-state index < -0.39 is 0 Å². The van der Waals surface area contributed by atoms with Crippen LogP contribution < -0.4 is 10.9 Å². The monoisotopic (exact) mass is 229 g/mol. The highest BCUT2D eigenvalue weighted by Crippen LogP contribution is 2.10. The molecule has 15 heavy (non-hydrogen) atoms. The molecule has 0 bridgehead atoms. The Morgan fingerprint density at radius 1 is 1.60 bits per heavy atom. The molecule has 1 atom stereocenters. The topological polar surface area (TPSA) is 57.8 Å². The van der Waals surface area contributed by atoms with Crippen molar-refractivity contribution in [2.45, 2.75) is 25.6 Å². The van der Waals surface area contributed by atoms with Crippen molar-refractivity contribution in [3.8, 4) is 0 Å².